The maximum absolute atomic E-state index is 13.4. The van der Waals surface area contributed by atoms with Crippen LogP contribution in [0.15, 0.2) is 24.3 Å². The molecule has 2 saturated heterocycles. The van der Waals surface area contributed by atoms with E-state index < -0.39 is 11.7 Å². The third-order valence-electron chi connectivity index (χ3n) is 4.90. The summed E-state index contributed by atoms with van der Waals surface area (Å²) in [6, 6.07) is 6.24. The van der Waals surface area contributed by atoms with Crippen LogP contribution in [-0.4, -0.2) is 58.6 Å². The SMILES string of the molecule is C[C@@H](CN1C[C@H]2C[C@@H]1C(=O)N2Cc1cccc(F)c1)NC(=O)OC(C)(C)C. The first kappa shape index (κ1) is 19.6. The van der Waals surface area contributed by atoms with Crippen molar-refractivity contribution in [2.75, 3.05) is 13.1 Å². The summed E-state index contributed by atoms with van der Waals surface area (Å²) in [5.41, 5.74) is 0.270. The Kier molecular flexibility index (Phi) is 5.42. The number of hydrogen-bond acceptors (Lipinski definition) is 4. The topological polar surface area (TPSA) is 61.9 Å². The molecule has 1 aromatic rings. The Bertz CT molecular complexity index is 719. The van der Waals surface area contributed by atoms with Crippen molar-refractivity contribution >= 4 is 12.0 Å². The van der Waals surface area contributed by atoms with Gasteiger partial charge in [-0.2, -0.15) is 0 Å². The molecule has 7 heteroatoms. The molecule has 2 fully saturated rings. The second kappa shape index (κ2) is 7.46. The average Bonchev–Trinajstić information content (AvgIpc) is 3.04. The number of carbonyl (C=O) groups excluding carboxylic acids is 2. The fourth-order valence-electron chi connectivity index (χ4n) is 3.88. The molecule has 148 valence electrons. The molecule has 0 aromatic heterocycles. The van der Waals surface area contributed by atoms with Crippen molar-refractivity contribution in [1.82, 2.24) is 15.1 Å². The zero-order chi connectivity index (χ0) is 19.8. The van der Waals surface area contributed by atoms with Gasteiger partial charge < -0.3 is 15.0 Å². The fourth-order valence-corrected chi connectivity index (χ4v) is 3.88. The van der Waals surface area contributed by atoms with Gasteiger partial charge in [0.05, 0.1) is 6.04 Å². The lowest BCUT2D eigenvalue weighted by atomic mass is 10.2. The van der Waals surface area contributed by atoms with Gasteiger partial charge in [0.1, 0.15) is 11.4 Å². The highest BCUT2D eigenvalue weighted by atomic mass is 19.1. The van der Waals surface area contributed by atoms with Gasteiger partial charge in [0.2, 0.25) is 5.91 Å². The van der Waals surface area contributed by atoms with E-state index in [0.29, 0.717) is 13.1 Å². The van der Waals surface area contributed by atoms with Crippen molar-refractivity contribution in [2.24, 2.45) is 0 Å². The van der Waals surface area contributed by atoms with Gasteiger partial charge in [-0.1, -0.05) is 12.1 Å². The lowest BCUT2D eigenvalue weighted by Crippen LogP contribution is -2.53. The minimum atomic E-state index is -0.538. The average molecular weight is 377 g/mol. The first-order valence-electron chi connectivity index (χ1n) is 9.41. The van der Waals surface area contributed by atoms with Crippen LogP contribution >= 0.6 is 0 Å². The van der Waals surface area contributed by atoms with E-state index in [1.54, 1.807) is 6.07 Å². The highest BCUT2D eigenvalue weighted by Gasteiger charge is 2.49. The second-order valence-electron chi connectivity index (χ2n) is 8.50. The normalized spacial score (nSPS) is 23.6. The Morgan fingerprint density at radius 1 is 1.41 bits per heavy atom. The van der Waals surface area contributed by atoms with E-state index in [0.717, 1.165) is 18.5 Å². The van der Waals surface area contributed by atoms with Crippen molar-refractivity contribution in [3.63, 3.8) is 0 Å². The molecule has 3 rings (SSSR count). The number of nitrogens with zero attached hydrogens (tertiary/aromatic N) is 2. The van der Waals surface area contributed by atoms with E-state index in [2.05, 4.69) is 10.2 Å². The molecule has 0 spiro atoms. The number of rotatable bonds is 5. The van der Waals surface area contributed by atoms with E-state index in [1.807, 2.05) is 38.7 Å². The van der Waals surface area contributed by atoms with E-state index >= 15 is 0 Å². The zero-order valence-corrected chi connectivity index (χ0v) is 16.4. The lowest BCUT2D eigenvalue weighted by molar-refractivity contribution is -0.137. The van der Waals surface area contributed by atoms with Crippen LogP contribution in [0.3, 0.4) is 0 Å². The van der Waals surface area contributed by atoms with Crippen molar-refractivity contribution in [2.45, 2.75) is 64.4 Å². The molecule has 2 bridgehead atoms. The van der Waals surface area contributed by atoms with Crippen LogP contribution in [0.25, 0.3) is 0 Å². The molecular formula is C20H28FN3O3. The van der Waals surface area contributed by atoms with Crippen molar-refractivity contribution in [1.29, 1.82) is 0 Å². The highest BCUT2D eigenvalue weighted by molar-refractivity contribution is 5.85. The number of amides is 2. The Hall–Kier alpha value is -2.15. The number of halogens is 1. The van der Waals surface area contributed by atoms with Crippen LogP contribution < -0.4 is 5.32 Å². The molecular weight excluding hydrogens is 349 g/mol. The summed E-state index contributed by atoms with van der Waals surface area (Å²) in [5.74, 6) is -0.201. The number of likely N-dealkylation sites (tertiary alicyclic amines) is 2. The van der Waals surface area contributed by atoms with Crippen LogP contribution in [0.4, 0.5) is 9.18 Å². The van der Waals surface area contributed by atoms with Crippen LogP contribution in [0.1, 0.15) is 39.7 Å². The predicted octanol–water partition coefficient (Wildman–Crippen LogP) is 2.52. The maximum atomic E-state index is 13.4. The van der Waals surface area contributed by atoms with E-state index in [-0.39, 0.29) is 29.8 Å². The minimum absolute atomic E-state index is 0.0833. The monoisotopic (exact) mass is 377 g/mol. The summed E-state index contributed by atoms with van der Waals surface area (Å²) >= 11 is 0. The lowest BCUT2D eigenvalue weighted by Gasteiger charge is -2.35. The van der Waals surface area contributed by atoms with Crippen molar-refractivity contribution in [3.8, 4) is 0 Å². The Morgan fingerprint density at radius 2 is 2.15 bits per heavy atom. The number of benzene rings is 1. The molecule has 0 aliphatic carbocycles. The van der Waals surface area contributed by atoms with Crippen LogP contribution in [-0.2, 0) is 16.1 Å². The van der Waals surface area contributed by atoms with E-state index in [1.165, 1.54) is 12.1 Å². The predicted molar refractivity (Wildman–Crippen MR) is 99.5 cm³/mol. The molecule has 2 aliphatic heterocycles. The highest BCUT2D eigenvalue weighted by Crippen LogP contribution is 2.33. The smallest absolute Gasteiger partial charge is 0.407 e. The second-order valence-corrected chi connectivity index (χ2v) is 8.50. The number of nitrogens with one attached hydrogen (secondary N) is 1. The largest absolute Gasteiger partial charge is 0.444 e. The molecule has 0 radical (unpaired) electrons. The van der Waals surface area contributed by atoms with Gasteiger partial charge in [0.15, 0.2) is 0 Å². The standard InChI is InChI=1S/C20H28FN3O3/c1-13(22-19(26)27-20(2,3)4)10-23-12-16-9-17(23)18(25)24(16)11-14-6-5-7-15(21)8-14/h5-8,13,16-17H,9-12H2,1-4H3,(H,22,26)/t13-,16+,17+/m0/s1. The summed E-state index contributed by atoms with van der Waals surface area (Å²) in [7, 11) is 0. The van der Waals surface area contributed by atoms with E-state index in [4.69, 9.17) is 4.74 Å². The van der Waals surface area contributed by atoms with Gasteiger partial charge in [-0.15, -0.1) is 0 Å². The Morgan fingerprint density at radius 3 is 2.78 bits per heavy atom. The first-order chi connectivity index (χ1) is 12.6. The number of carbonyl (C=O) groups is 2. The number of fused-ring (bicyclic) bond motifs is 2. The molecule has 2 amide bonds. The number of alkyl carbamates (subject to hydrolysis) is 1. The molecule has 1 aromatic carbocycles. The summed E-state index contributed by atoms with van der Waals surface area (Å²) in [4.78, 5) is 28.6. The molecule has 27 heavy (non-hydrogen) atoms. The van der Waals surface area contributed by atoms with Gasteiger partial charge in [-0.3, -0.25) is 9.69 Å². The number of piperazine rings is 1. The Labute approximate surface area is 159 Å². The molecule has 1 N–H and O–H groups in total. The molecule has 2 heterocycles. The molecule has 0 saturated carbocycles. The Balaban J connectivity index is 1.52. The quantitative estimate of drug-likeness (QED) is 0.857. The van der Waals surface area contributed by atoms with Crippen molar-refractivity contribution < 1.29 is 18.7 Å². The van der Waals surface area contributed by atoms with Crippen LogP contribution in [0.5, 0.6) is 0 Å². The summed E-state index contributed by atoms with van der Waals surface area (Å²) in [6.45, 7) is 9.18. The van der Waals surface area contributed by atoms with Crippen LogP contribution in [0.2, 0.25) is 0 Å². The summed E-state index contributed by atoms with van der Waals surface area (Å²) in [6.07, 6.45) is 0.339. The van der Waals surface area contributed by atoms with Gasteiger partial charge in [0.25, 0.3) is 0 Å². The minimum Gasteiger partial charge on any atom is -0.444 e. The van der Waals surface area contributed by atoms with E-state index in [9.17, 15) is 14.0 Å². The molecule has 2 aliphatic rings. The third-order valence-corrected chi connectivity index (χ3v) is 4.90. The van der Waals surface area contributed by atoms with Gasteiger partial charge in [0, 0.05) is 31.7 Å². The first-order valence-corrected chi connectivity index (χ1v) is 9.41. The van der Waals surface area contributed by atoms with Gasteiger partial charge in [-0.25, -0.2) is 9.18 Å². The van der Waals surface area contributed by atoms with Gasteiger partial charge in [-0.05, 0) is 51.8 Å². The van der Waals surface area contributed by atoms with Gasteiger partial charge >= 0.3 is 6.09 Å². The zero-order valence-electron chi connectivity index (χ0n) is 16.4. The summed E-state index contributed by atoms with van der Waals surface area (Å²) in [5, 5.41) is 2.83. The number of hydrogen-bond donors (Lipinski definition) is 1. The summed E-state index contributed by atoms with van der Waals surface area (Å²) < 4.78 is 18.7. The fraction of sp³-hybridized carbons (Fsp3) is 0.600. The van der Waals surface area contributed by atoms with Crippen molar-refractivity contribution in [3.05, 3.63) is 35.6 Å². The maximum Gasteiger partial charge on any atom is 0.407 e. The van der Waals surface area contributed by atoms with Crippen LogP contribution in [0, 0.1) is 5.82 Å². The third kappa shape index (κ3) is 4.77. The number of ether oxygens (including phenoxy) is 1. The molecule has 6 nitrogen and oxygen atoms in total. The molecule has 0 unspecified atom stereocenters. The molecule has 3 atom stereocenters.